The molecule has 0 fully saturated rings. The second-order valence-electron chi connectivity index (χ2n) is 6.55. The van der Waals surface area contributed by atoms with Crippen molar-refractivity contribution in [2.75, 3.05) is 14.1 Å². The van der Waals surface area contributed by atoms with Crippen LogP contribution in [0.2, 0.25) is 0 Å². The maximum atomic E-state index is 12.7. The Morgan fingerprint density at radius 2 is 2.00 bits per heavy atom. The van der Waals surface area contributed by atoms with Crippen LogP contribution in [0.1, 0.15) is 21.5 Å². The molecular formula is C20H19N2O3+. The Morgan fingerprint density at radius 3 is 2.80 bits per heavy atom. The predicted molar refractivity (Wildman–Crippen MR) is 95.9 cm³/mol. The number of fused-ring (bicyclic) bond motifs is 2. The van der Waals surface area contributed by atoms with Crippen LogP contribution < -0.4 is 9.64 Å². The average Bonchev–Trinajstić information content (AvgIpc) is 3.13. The van der Waals surface area contributed by atoms with Gasteiger partial charge in [0.2, 0.25) is 5.78 Å². The van der Waals surface area contributed by atoms with Crippen molar-refractivity contribution in [3.63, 3.8) is 0 Å². The van der Waals surface area contributed by atoms with Crippen LogP contribution >= 0.6 is 0 Å². The number of aromatic hydroxyl groups is 1. The number of Topliss-reactive ketones (excluding diaryl/α,β-unsaturated/α-hetero) is 1. The average molecular weight is 335 g/mol. The first-order valence-electron chi connectivity index (χ1n) is 8.19. The van der Waals surface area contributed by atoms with Crippen molar-refractivity contribution < 1.29 is 19.5 Å². The largest absolute Gasteiger partial charge is 0.507 e. The Balaban J connectivity index is 1.78. The first-order valence-corrected chi connectivity index (χ1v) is 8.19. The quantitative estimate of drug-likeness (QED) is 0.643. The lowest BCUT2D eigenvalue weighted by Crippen LogP contribution is -3.04. The van der Waals surface area contributed by atoms with Gasteiger partial charge in [-0.3, -0.25) is 4.79 Å². The number of ether oxygens (including phenoxy) is 1. The fourth-order valence-electron chi connectivity index (χ4n) is 3.18. The van der Waals surface area contributed by atoms with Crippen LogP contribution in [0.5, 0.6) is 11.5 Å². The number of phenols is 1. The van der Waals surface area contributed by atoms with E-state index in [0.29, 0.717) is 23.4 Å². The van der Waals surface area contributed by atoms with Gasteiger partial charge in [0.1, 0.15) is 12.3 Å². The van der Waals surface area contributed by atoms with Crippen molar-refractivity contribution >= 4 is 22.8 Å². The molecule has 5 heteroatoms. The van der Waals surface area contributed by atoms with Gasteiger partial charge in [0.15, 0.2) is 11.5 Å². The molecular weight excluding hydrogens is 316 g/mol. The number of hydrogen-bond donors (Lipinski definition) is 3. The molecule has 0 radical (unpaired) electrons. The van der Waals surface area contributed by atoms with Crippen LogP contribution in [0.15, 0.2) is 48.4 Å². The van der Waals surface area contributed by atoms with Crippen molar-refractivity contribution in [1.29, 1.82) is 0 Å². The lowest BCUT2D eigenvalue weighted by molar-refractivity contribution is -0.872. The number of allylic oxidation sites excluding steroid dienone is 1. The summed E-state index contributed by atoms with van der Waals surface area (Å²) in [7, 11) is 3.97. The number of hydrogen-bond acceptors (Lipinski definition) is 3. The van der Waals surface area contributed by atoms with E-state index in [1.807, 2.05) is 44.6 Å². The van der Waals surface area contributed by atoms with E-state index in [-0.39, 0.29) is 17.3 Å². The van der Waals surface area contributed by atoms with E-state index in [1.54, 1.807) is 18.2 Å². The van der Waals surface area contributed by atoms with Gasteiger partial charge in [0, 0.05) is 22.7 Å². The van der Waals surface area contributed by atoms with Crippen molar-refractivity contribution in [2.24, 2.45) is 0 Å². The number of ketones is 1. The minimum Gasteiger partial charge on any atom is -0.507 e. The number of nitrogens with one attached hydrogen (secondary N) is 2. The van der Waals surface area contributed by atoms with Crippen molar-refractivity contribution in [3.05, 3.63) is 65.0 Å². The van der Waals surface area contributed by atoms with Gasteiger partial charge in [0.25, 0.3) is 0 Å². The van der Waals surface area contributed by atoms with Gasteiger partial charge in [-0.2, -0.15) is 0 Å². The highest BCUT2D eigenvalue weighted by molar-refractivity contribution is 6.15. The van der Waals surface area contributed by atoms with Gasteiger partial charge in [-0.25, -0.2) is 0 Å². The maximum Gasteiger partial charge on any atom is 0.231 e. The summed E-state index contributed by atoms with van der Waals surface area (Å²) in [6.45, 7) is 0.572. The second-order valence-corrected chi connectivity index (χ2v) is 6.55. The summed E-state index contributed by atoms with van der Waals surface area (Å²) in [6.07, 6.45) is 3.62. The Bertz CT molecular complexity index is 1010. The van der Waals surface area contributed by atoms with Crippen LogP contribution in [-0.2, 0) is 6.54 Å². The molecule has 0 saturated heterocycles. The number of quaternary nitrogens is 1. The third kappa shape index (κ3) is 2.58. The summed E-state index contributed by atoms with van der Waals surface area (Å²) >= 11 is 0. The molecule has 3 N–H and O–H groups in total. The molecule has 5 nitrogen and oxygen atoms in total. The van der Waals surface area contributed by atoms with E-state index in [9.17, 15) is 9.90 Å². The number of phenolic OH excluding ortho intramolecular Hbond substituents is 1. The highest BCUT2D eigenvalue weighted by Crippen LogP contribution is 2.39. The minimum atomic E-state index is -0.157. The summed E-state index contributed by atoms with van der Waals surface area (Å²) in [5, 5.41) is 11.2. The molecule has 0 unspecified atom stereocenters. The number of aromatic nitrogens is 1. The first-order chi connectivity index (χ1) is 12.0. The van der Waals surface area contributed by atoms with E-state index < -0.39 is 0 Å². The molecule has 1 aliphatic rings. The zero-order valence-corrected chi connectivity index (χ0v) is 14.1. The number of aromatic amines is 1. The predicted octanol–water partition coefficient (Wildman–Crippen LogP) is 2.13. The molecule has 0 amide bonds. The molecule has 0 spiro atoms. The Morgan fingerprint density at radius 1 is 1.20 bits per heavy atom. The Labute approximate surface area is 145 Å². The highest BCUT2D eigenvalue weighted by atomic mass is 16.5. The molecule has 4 rings (SSSR count). The molecule has 25 heavy (non-hydrogen) atoms. The highest BCUT2D eigenvalue weighted by Gasteiger charge is 2.32. The topological polar surface area (TPSA) is 66.8 Å². The van der Waals surface area contributed by atoms with Crippen molar-refractivity contribution in [1.82, 2.24) is 4.98 Å². The van der Waals surface area contributed by atoms with Gasteiger partial charge in [-0.05, 0) is 24.3 Å². The normalized spacial score (nSPS) is 15.2. The Kier molecular flexibility index (Phi) is 3.58. The first kappa shape index (κ1) is 15.5. The smallest absolute Gasteiger partial charge is 0.231 e. The Hall–Kier alpha value is -3.05. The molecule has 2 heterocycles. The van der Waals surface area contributed by atoms with Crippen LogP contribution in [0, 0.1) is 0 Å². The summed E-state index contributed by atoms with van der Waals surface area (Å²) in [4.78, 5) is 17.0. The molecule has 0 bridgehead atoms. The van der Waals surface area contributed by atoms with E-state index in [0.717, 1.165) is 21.4 Å². The second kappa shape index (κ2) is 5.79. The van der Waals surface area contributed by atoms with Crippen molar-refractivity contribution in [2.45, 2.75) is 6.54 Å². The molecule has 3 aromatic rings. The molecule has 0 atom stereocenters. The standard InChI is InChI=1S/C20H18N2O3/c1-22(2)11-15-17(23)8-7-14-19(24)18(25-20(14)15)9-12-10-21-16-6-4-3-5-13(12)16/h3-10,21,23H,11H2,1-2H3/p+1/b18-9-. The van der Waals surface area contributed by atoms with Crippen LogP contribution in [0.3, 0.4) is 0 Å². The van der Waals surface area contributed by atoms with Crippen LogP contribution in [0.4, 0.5) is 0 Å². The minimum absolute atomic E-state index is 0.154. The van der Waals surface area contributed by atoms with Gasteiger partial charge in [-0.15, -0.1) is 0 Å². The van der Waals surface area contributed by atoms with Gasteiger partial charge < -0.3 is 19.7 Å². The van der Waals surface area contributed by atoms with Crippen molar-refractivity contribution in [3.8, 4) is 11.5 Å². The number of carbonyl (C=O) groups is 1. The fourth-order valence-corrected chi connectivity index (χ4v) is 3.18. The molecule has 1 aliphatic heterocycles. The van der Waals surface area contributed by atoms with Gasteiger partial charge >= 0.3 is 0 Å². The van der Waals surface area contributed by atoms with E-state index >= 15 is 0 Å². The van der Waals surface area contributed by atoms with Crippen LogP contribution in [-0.4, -0.2) is 30.0 Å². The maximum absolute atomic E-state index is 12.7. The van der Waals surface area contributed by atoms with Crippen LogP contribution in [0.25, 0.3) is 17.0 Å². The van der Waals surface area contributed by atoms with E-state index in [4.69, 9.17) is 4.74 Å². The molecule has 1 aromatic heterocycles. The SMILES string of the molecule is C[NH+](C)Cc1c(O)ccc2c1O/C(=C\c1c[nH]c3ccccc13)C2=O. The number of para-hydroxylation sites is 1. The third-order valence-corrected chi connectivity index (χ3v) is 4.35. The van der Waals surface area contributed by atoms with E-state index in [2.05, 4.69) is 4.98 Å². The van der Waals surface area contributed by atoms with E-state index in [1.165, 1.54) is 0 Å². The lowest BCUT2D eigenvalue weighted by atomic mass is 10.0. The monoisotopic (exact) mass is 335 g/mol. The molecule has 126 valence electrons. The van der Waals surface area contributed by atoms with Gasteiger partial charge in [-0.1, -0.05) is 18.2 Å². The van der Waals surface area contributed by atoms with Gasteiger partial charge in [0.05, 0.1) is 25.2 Å². The zero-order valence-electron chi connectivity index (χ0n) is 14.1. The lowest BCUT2D eigenvalue weighted by Gasteiger charge is -2.11. The number of benzene rings is 2. The summed E-state index contributed by atoms with van der Waals surface area (Å²) in [5.41, 5.74) is 3.07. The fraction of sp³-hybridized carbons (Fsp3) is 0.150. The number of carbonyl (C=O) groups excluding carboxylic acids is 1. The summed E-state index contributed by atoms with van der Waals surface area (Å²) in [5.74, 6) is 0.744. The number of rotatable bonds is 3. The molecule has 0 aliphatic carbocycles. The third-order valence-electron chi connectivity index (χ3n) is 4.35. The zero-order chi connectivity index (χ0) is 17.6. The summed E-state index contributed by atoms with van der Waals surface area (Å²) in [6, 6.07) is 11.1. The summed E-state index contributed by atoms with van der Waals surface area (Å²) < 4.78 is 5.88. The molecule has 0 saturated carbocycles. The molecule has 2 aromatic carbocycles. The number of H-pyrrole nitrogens is 1.